The van der Waals surface area contributed by atoms with E-state index in [2.05, 4.69) is 37.2 Å². The van der Waals surface area contributed by atoms with Crippen LogP contribution in [0.1, 0.15) is 16.8 Å². The number of amides is 1. The molecule has 1 aliphatic heterocycles. The van der Waals surface area contributed by atoms with Crippen LogP contribution in [-0.4, -0.2) is 37.0 Å². The van der Waals surface area contributed by atoms with Crippen LogP contribution in [0.15, 0.2) is 13.6 Å². The van der Waals surface area contributed by atoms with Gasteiger partial charge in [0.2, 0.25) is 0 Å². The van der Waals surface area contributed by atoms with Gasteiger partial charge in [0.25, 0.3) is 5.91 Å². The Morgan fingerprint density at radius 2 is 2.29 bits per heavy atom. The topological polar surface area (TPSA) is 32.3 Å². The van der Waals surface area contributed by atoms with Gasteiger partial charge in [-0.3, -0.25) is 4.79 Å². The van der Waals surface area contributed by atoms with E-state index in [0.29, 0.717) is 6.04 Å². The minimum Gasteiger partial charge on any atom is -0.337 e. The Kier molecular flexibility index (Phi) is 5.92. The Bertz CT molecular complexity index is 407. The summed E-state index contributed by atoms with van der Waals surface area (Å²) in [5.74, 6) is 0.0857. The van der Waals surface area contributed by atoms with Crippen LogP contribution in [0, 0.1) is 0 Å². The lowest BCUT2D eigenvalue weighted by Gasteiger charge is -2.23. The number of carbonyl (C=O) groups excluding carboxylic acids is 1. The lowest BCUT2D eigenvalue weighted by molar-refractivity contribution is 0.0743. The van der Waals surface area contributed by atoms with Gasteiger partial charge in [-0.1, -0.05) is 0 Å². The standard InChI is InChI=1S/C10H12Br2N2OS.ClH/c1-14(6-2-3-13-5-6)10(15)7-4-8(11)16-9(7)12;/h4,6,13H,2-3,5H2,1H3;1H. The largest absolute Gasteiger partial charge is 0.337 e. The normalized spacial score (nSPS) is 18.9. The molecule has 0 aliphatic carbocycles. The number of rotatable bonds is 2. The highest BCUT2D eigenvalue weighted by Crippen LogP contribution is 2.32. The first-order valence-corrected chi connectivity index (χ1v) is 7.42. The third-order valence-corrected chi connectivity index (χ3v) is 5.13. The first-order chi connectivity index (χ1) is 7.59. The van der Waals surface area contributed by atoms with Crippen LogP contribution in [0.25, 0.3) is 0 Å². The Balaban J connectivity index is 0.00000144. The van der Waals surface area contributed by atoms with E-state index in [1.165, 1.54) is 11.3 Å². The van der Waals surface area contributed by atoms with Crippen LogP contribution in [0.5, 0.6) is 0 Å². The fourth-order valence-electron chi connectivity index (χ4n) is 1.81. The Hall–Kier alpha value is 0.380. The number of nitrogens with one attached hydrogen (secondary N) is 1. The van der Waals surface area contributed by atoms with Crippen molar-refractivity contribution in [2.24, 2.45) is 0 Å². The zero-order chi connectivity index (χ0) is 11.7. The fraction of sp³-hybridized carbons (Fsp3) is 0.500. The summed E-state index contributed by atoms with van der Waals surface area (Å²) in [6.45, 7) is 1.89. The average molecular weight is 405 g/mol. The molecule has 96 valence electrons. The first kappa shape index (κ1) is 15.4. The van der Waals surface area contributed by atoms with Crippen molar-refractivity contribution in [1.29, 1.82) is 0 Å². The fourth-order valence-corrected chi connectivity index (χ4v) is 4.59. The molecule has 2 heterocycles. The molecule has 1 saturated heterocycles. The van der Waals surface area contributed by atoms with Crippen LogP contribution >= 0.6 is 55.6 Å². The number of nitrogens with zero attached hydrogens (tertiary/aromatic N) is 1. The minimum absolute atomic E-state index is 0. The van der Waals surface area contributed by atoms with Crippen molar-refractivity contribution in [1.82, 2.24) is 10.2 Å². The average Bonchev–Trinajstić information content (AvgIpc) is 2.85. The summed E-state index contributed by atoms with van der Waals surface area (Å²) < 4.78 is 1.86. The number of carbonyl (C=O) groups is 1. The molecule has 3 nitrogen and oxygen atoms in total. The first-order valence-electron chi connectivity index (χ1n) is 5.02. The quantitative estimate of drug-likeness (QED) is 0.821. The molecule has 1 fully saturated rings. The third kappa shape index (κ3) is 3.44. The van der Waals surface area contributed by atoms with Crippen LogP contribution in [-0.2, 0) is 0 Å². The molecule has 17 heavy (non-hydrogen) atoms. The highest BCUT2D eigenvalue weighted by molar-refractivity contribution is 9.12. The van der Waals surface area contributed by atoms with Crippen LogP contribution in [0.4, 0.5) is 0 Å². The Labute approximate surface area is 128 Å². The molecule has 1 aromatic rings. The maximum atomic E-state index is 12.2. The molecule has 7 heteroatoms. The second-order valence-electron chi connectivity index (χ2n) is 3.80. The van der Waals surface area contributed by atoms with E-state index < -0.39 is 0 Å². The van der Waals surface area contributed by atoms with Gasteiger partial charge in [0.05, 0.1) is 13.1 Å². The van der Waals surface area contributed by atoms with Gasteiger partial charge in [-0.15, -0.1) is 23.7 Å². The summed E-state index contributed by atoms with van der Waals surface area (Å²) in [5.41, 5.74) is 0.742. The summed E-state index contributed by atoms with van der Waals surface area (Å²) in [7, 11) is 1.87. The number of hydrogen-bond donors (Lipinski definition) is 1. The molecular weight excluding hydrogens is 391 g/mol. The third-order valence-electron chi connectivity index (χ3n) is 2.79. The van der Waals surface area contributed by atoms with Crippen molar-refractivity contribution < 1.29 is 4.79 Å². The van der Waals surface area contributed by atoms with Crippen molar-refractivity contribution in [2.45, 2.75) is 12.5 Å². The molecule has 0 aromatic carbocycles. The maximum Gasteiger partial charge on any atom is 0.255 e. The summed E-state index contributed by atoms with van der Waals surface area (Å²) in [6.07, 6.45) is 1.03. The van der Waals surface area contributed by atoms with Gasteiger partial charge in [0.1, 0.15) is 0 Å². The second-order valence-corrected chi connectivity index (χ2v) is 7.55. The molecule has 1 atom stereocenters. The van der Waals surface area contributed by atoms with Gasteiger partial charge in [-0.05, 0) is 50.9 Å². The molecule has 1 N–H and O–H groups in total. The second kappa shape index (κ2) is 6.52. The van der Waals surface area contributed by atoms with E-state index in [-0.39, 0.29) is 18.3 Å². The highest BCUT2D eigenvalue weighted by atomic mass is 79.9. The van der Waals surface area contributed by atoms with Crippen molar-refractivity contribution in [2.75, 3.05) is 20.1 Å². The molecule has 0 radical (unpaired) electrons. The maximum absolute atomic E-state index is 12.2. The molecule has 1 unspecified atom stereocenters. The number of halogens is 3. The molecule has 0 saturated carbocycles. The highest BCUT2D eigenvalue weighted by Gasteiger charge is 2.25. The van der Waals surface area contributed by atoms with Crippen molar-refractivity contribution in [3.05, 3.63) is 19.2 Å². The Morgan fingerprint density at radius 3 is 2.76 bits per heavy atom. The van der Waals surface area contributed by atoms with Crippen molar-refractivity contribution in [3.63, 3.8) is 0 Å². The number of likely N-dealkylation sites (N-methyl/N-ethyl adjacent to an activating group) is 1. The summed E-state index contributed by atoms with van der Waals surface area (Å²) in [4.78, 5) is 14.1. The minimum atomic E-state index is 0. The predicted molar refractivity (Wildman–Crippen MR) is 80.3 cm³/mol. The van der Waals surface area contributed by atoms with E-state index in [1.807, 2.05) is 18.0 Å². The zero-order valence-electron chi connectivity index (χ0n) is 9.20. The molecule has 2 rings (SSSR count). The lowest BCUT2D eigenvalue weighted by atomic mass is 10.2. The van der Waals surface area contributed by atoms with Gasteiger partial charge >= 0.3 is 0 Å². The summed E-state index contributed by atoms with van der Waals surface area (Å²) >= 11 is 8.34. The zero-order valence-corrected chi connectivity index (χ0v) is 14.0. The molecule has 0 bridgehead atoms. The van der Waals surface area contributed by atoms with E-state index in [1.54, 1.807) is 0 Å². The molecule has 1 aromatic heterocycles. The van der Waals surface area contributed by atoms with Gasteiger partial charge in [-0.25, -0.2) is 0 Å². The van der Waals surface area contributed by atoms with Gasteiger partial charge in [-0.2, -0.15) is 0 Å². The number of thiophene rings is 1. The molecule has 1 amide bonds. The van der Waals surface area contributed by atoms with E-state index in [9.17, 15) is 4.79 Å². The SMILES string of the molecule is CN(C(=O)c1cc(Br)sc1Br)C1CCNC1.Cl. The molecule has 1 aliphatic rings. The molecule has 0 spiro atoms. The van der Waals surface area contributed by atoms with E-state index in [4.69, 9.17) is 0 Å². The monoisotopic (exact) mass is 402 g/mol. The number of hydrogen-bond acceptors (Lipinski definition) is 3. The van der Waals surface area contributed by atoms with Gasteiger partial charge in [0, 0.05) is 19.6 Å². The van der Waals surface area contributed by atoms with Crippen molar-refractivity contribution >= 4 is 61.5 Å². The smallest absolute Gasteiger partial charge is 0.255 e. The van der Waals surface area contributed by atoms with Gasteiger partial charge in [0.15, 0.2) is 0 Å². The van der Waals surface area contributed by atoms with Crippen LogP contribution < -0.4 is 5.32 Å². The van der Waals surface area contributed by atoms with Crippen LogP contribution in [0.3, 0.4) is 0 Å². The summed E-state index contributed by atoms with van der Waals surface area (Å²) in [5, 5.41) is 3.27. The molecular formula is C10H13Br2ClN2OS. The summed E-state index contributed by atoms with van der Waals surface area (Å²) in [6, 6.07) is 2.19. The Morgan fingerprint density at radius 1 is 1.59 bits per heavy atom. The predicted octanol–water partition coefficient (Wildman–Crippen LogP) is 3.13. The van der Waals surface area contributed by atoms with E-state index >= 15 is 0 Å². The van der Waals surface area contributed by atoms with Gasteiger partial charge < -0.3 is 10.2 Å². The van der Waals surface area contributed by atoms with E-state index in [0.717, 1.165) is 32.6 Å². The lowest BCUT2D eigenvalue weighted by Crippen LogP contribution is -2.38. The van der Waals surface area contributed by atoms with Crippen LogP contribution in [0.2, 0.25) is 0 Å². The van der Waals surface area contributed by atoms with Crippen molar-refractivity contribution in [3.8, 4) is 0 Å².